The van der Waals surface area contributed by atoms with Gasteiger partial charge in [0, 0.05) is 25.0 Å². The van der Waals surface area contributed by atoms with Gasteiger partial charge in [0.2, 0.25) is 0 Å². The quantitative estimate of drug-likeness (QED) is 0.862. The van der Waals surface area contributed by atoms with Crippen LogP contribution in [0.15, 0.2) is 36.7 Å². The Labute approximate surface area is 123 Å². The summed E-state index contributed by atoms with van der Waals surface area (Å²) in [5.41, 5.74) is 2.13. The van der Waals surface area contributed by atoms with E-state index in [1.807, 2.05) is 40.3 Å². The summed E-state index contributed by atoms with van der Waals surface area (Å²) in [6, 6.07) is 8.70. The van der Waals surface area contributed by atoms with Crippen LogP contribution in [0, 0.1) is 0 Å². The van der Waals surface area contributed by atoms with Gasteiger partial charge in [0.05, 0.1) is 18.8 Å². The summed E-state index contributed by atoms with van der Waals surface area (Å²) in [7, 11) is 0. The van der Waals surface area contributed by atoms with E-state index in [2.05, 4.69) is 10.3 Å². The van der Waals surface area contributed by atoms with Crippen LogP contribution >= 0.6 is 0 Å². The lowest BCUT2D eigenvalue weighted by Crippen LogP contribution is -2.31. The summed E-state index contributed by atoms with van der Waals surface area (Å²) >= 11 is 0. The number of hydrogen-bond acceptors (Lipinski definition) is 3. The SMILES string of the molecule is O=C1N(c2ccc(Cn3ccnn3)cc2)CC2CCCN12. The highest BCUT2D eigenvalue weighted by Gasteiger charge is 2.40. The third kappa shape index (κ3) is 2.16. The van der Waals surface area contributed by atoms with Crippen molar-refractivity contribution in [3.05, 3.63) is 42.2 Å². The van der Waals surface area contributed by atoms with E-state index in [-0.39, 0.29) is 6.03 Å². The Morgan fingerprint density at radius 1 is 1.24 bits per heavy atom. The van der Waals surface area contributed by atoms with Crippen molar-refractivity contribution in [1.29, 1.82) is 0 Å². The number of nitrogens with zero attached hydrogens (tertiary/aromatic N) is 5. The minimum Gasteiger partial charge on any atom is -0.320 e. The van der Waals surface area contributed by atoms with Crippen molar-refractivity contribution in [2.45, 2.75) is 25.4 Å². The molecule has 2 saturated heterocycles. The fraction of sp³-hybridized carbons (Fsp3) is 0.400. The summed E-state index contributed by atoms with van der Waals surface area (Å²) < 4.78 is 1.78. The zero-order valence-corrected chi connectivity index (χ0v) is 11.7. The summed E-state index contributed by atoms with van der Waals surface area (Å²) in [6.45, 7) is 2.43. The van der Waals surface area contributed by atoms with E-state index in [0.29, 0.717) is 12.6 Å². The minimum absolute atomic E-state index is 0.154. The molecular weight excluding hydrogens is 266 g/mol. The van der Waals surface area contributed by atoms with E-state index in [9.17, 15) is 4.79 Å². The molecule has 6 heteroatoms. The fourth-order valence-electron chi connectivity index (χ4n) is 3.22. The Hall–Kier alpha value is -2.37. The van der Waals surface area contributed by atoms with E-state index in [1.165, 1.54) is 0 Å². The Bertz CT molecular complexity index is 637. The van der Waals surface area contributed by atoms with E-state index >= 15 is 0 Å². The second kappa shape index (κ2) is 4.87. The molecule has 1 atom stereocenters. The highest BCUT2D eigenvalue weighted by Crippen LogP contribution is 2.30. The second-order valence-electron chi connectivity index (χ2n) is 5.65. The average molecular weight is 283 g/mol. The fourth-order valence-corrected chi connectivity index (χ4v) is 3.22. The molecule has 3 heterocycles. The Balaban J connectivity index is 1.50. The van der Waals surface area contributed by atoms with Crippen molar-refractivity contribution < 1.29 is 4.79 Å². The van der Waals surface area contributed by atoms with Crippen molar-refractivity contribution in [2.75, 3.05) is 18.0 Å². The first kappa shape index (κ1) is 12.4. The number of carbonyl (C=O) groups excluding carboxylic acids is 1. The first-order chi connectivity index (χ1) is 10.3. The number of amides is 2. The zero-order valence-electron chi connectivity index (χ0n) is 11.7. The normalized spacial score (nSPS) is 21.1. The summed E-state index contributed by atoms with van der Waals surface area (Å²) in [6.07, 6.45) is 5.78. The van der Waals surface area contributed by atoms with E-state index in [1.54, 1.807) is 10.9 Å². The molecule has 2 aliphatic heterocycles. The number of hydrogen-bond donors (Lipinski definition) is 0. The third-order valence-corrected chi connectivity index (χ3v) is 4.31. The number of rotatable bonds is 3. The zero-order chi connectivity index (χ0) is 14.2. The molecular formula is C15H17N5O. The molecule has 0 N–H and O–H groups in total. The van der Waals surface area contributed by atoms with Gasteiger partial charge in [0.25, 0.3) is 0 Å². The molecule has 4 rings (SSSR count). The molecule has 2 fully saturated rings. The largest absolute Gasteiger partial charge is 0.324 e. The van der Waals surface area contributed by atoms with Gasteiger partial charge in [-0.15, -0.1) is 5.10 Å². The van der Waals surface area contributed by atoms with E-state index < -0.39 is 0 Å². The average Bonchev–Trinajstić information content (AvgIpc) is 3.20. The van der Waals surface area contributed by atoms with Gasteiger partial charge >= 0.3 is 6.03 Å². The van der Waals surface area contributed by atoms with Crippen molar-refractivity contribution in [3.8, 4) is 0 Å². The number of anilines is 1. The Morgan fingerprint density at radius 3 is 2.81 bits per heavy atom. The van der Waals surface area contributed by atoms with Crippen molar-refractivity contribution >= 4 is 11.7 Å². The van der Waals surface area contributed by atoms with Crippen LogP contribution in [0.2, 0.25) is 0 Å². The molecule has 2 aliphatic rings. The number of carbonyl (C=O) groups is 1. The molecule has 1 aromatic heterocycles. The van der Waals surface area contributed by atoms with Gasteiger partial charge in [-0.2, -0.15) is 0 Å². The molecule has 2 amide bonds. The number of urea groups is 1. The topological polar surface area (TPSA) is 54.3 Å². The van der Waals surface area contributed by atoms with Gasteiger partial charge in [-0.05, 0) is 30.5 Å². The first-order valence-corrected chi connectivity index (χ1v) is 7.32. The maximum Gasteiger partial charge on any atom is 0.324 e. The third-order valence-electron chi connectivity index (χ3n) is 4.31. The number of fused-ring (bicyclic) bond motifs is 1. The molecule has 108 valence electrons. The number of benzene rings is 1. The predicted octanol–water partition coefficient (Wildman–Crippen LogP) is 1.73. The molecule has 6 nitrogen and oxygen atoms in total. The smallest absolute Gasteiger partial charge is 0.320 e. The molecule has 0 bridgehead atoms. The van der Waals surface area contributed by atoms with Gasteiger partial charge < -0.3 is 4.90 Å². The molecule has 0 radical (unpaired) electrons. The molecule has 1 unspecified atom stereocenters. The van der Waals surface area contributed by atoms with Crippen molar-refractivity contribution in [2.24, 2.45) is 0 Å². The molecule has 2 aromatic rings. The maximum atomic E-state index is 12.4. The minimum atomic E-state index is 0.154. The monoisotopic (exact) mass is 283 g/mol. The summed E-state index contributed by atoms with van der Waals surface area (Å²) in [5, 5.41) is 7.75. The van der Waals surface area contributed by atoms with Gasteiger partial charge in [-0.25, -0.2) is 9.48 Å². The van der Waals surface area contributed by atoms with Crippen LogP contribution in [0.1, 0.15) is 18.4 Å². The molecule has 0 aliphatic carbocycles. The molecule has 0 spiro atoms. The first-order valence-electron chi connectivity index (χ1n) is 7.32. The lowest BCUT2D eigenvalue weighted by molar-refractivity contribution is 0.219. The van der Waals surface area contributed by atoms with Crippen LogP contribution in [0.3, 0.4) is 0 Å². The van der Waals surface area contributed by atoms with Crippen LogP contribution < -0.4 is 4.90 Å². The van der Waals surface area contributed by atoms with Crippen LogP contribution in [-0.4, -0.2) is 45.1 Å². The van der Waals surface area contributed by atoms with Crippen LogP contribution in [0.5, 0.6) is 0 Å². The highest BCUT2D eigenvalue weighted by molar-refractivity contribution is 5.94. The summed E-state index contributed by atoms with van der Waals surface area (Å²) in [5.74, 6) is 0. The Morgan fingerprint density at radius 2 is 2.10 bits per heavy atom. The van der Waals surface area contributed by atoms with Crippen LogP contribution in [-0.2, 0) is 6.54 Å². The van der Waals surface area contributed by atoms with Gasteiger partial charge in [-0.1, -0.05) is 17.3 Å². The lowest BCUT2D eigenvalue weighted by atomic mass is 10.2. The van der Waals surface area contributed by atoms with Crippen molar-refractivity contribution in [3.63, 3.8) is 0 Å². The maximum absolute atomic E-state index is 12.4. The Kier molecular flexibility index (Phi) is 2.87. The lowest BCUT2D eigenvalue weighted by Gasteiger charge is -2.17. The summed E-state index contributed by atoms with van der Waals surface area (Å²) in [4.78, 5) is 16.3. The predicted molar refractivity (Wildman–Crippen MR) is 78.0 cm³/mol. The van der Waals surface area contributed by atoms with E-state index in [0.717, 1.165) is 37.2 Å². The molecule has 1 aromatic carbocycles. The van der Waals surface area contributed by atoms with Gasteiger partial charge in [0.15, 0.2) is 0 Å². The number of aromatic nitrogens is 3. The molecule has 21 heavy (non-hydrogen) atoms. The molecule has 0 saturated carbocycles. The van der Waals surface area contributed by atoms with Gasteiger partial charge in [-0.3, -0.25) is 4.90 Å². The van der Waals surface area contributed by atoms with Crippen molar-refractivity contribution in [1.82, 2.24) is 19.9 Å². The van der Waals surface area contributed by atoms with E-state index in [4.69, 9.17) is 0 Å². The highest BCUT2D eigenvalue weighted by atomic mass is 16.2. The van der Waals surface area contributed by atoms with Crippen LogP contribution in [0.4, 0.5) is 10.5 Å². The van der Waals surface area contributed by atoms with Crippen LogP contribution in [0.25, 0.3) is 0 Å². The second-order valence-corrected chi connectivity index (χ2v) is 5.65. The standard InChI is InChI=1S/C15H17N5O/c21-15-19-8-1-2-14(19)11-20(15)13-5-3-12(4-6-13)10-18-9-7-16-17-18/h3-7,9,14H,1-2,8,10-11H2. The van der Waals surface area contributed by atoms with Gasteiger partial charge in [0.1, 0.15) is 0 Å².